The van der Waals surface area contributed by atoms with Crippen molar-refractivity contribution in [3.8, 4) is 0 Å². The van der Waals surface area contributed by atoms with Crippen LogP contribution in [0.2, 0.25) is 0 Å². The topological polar surface area (TPSA) is 38.8 Å². The number of nitrogens with zero attached hydrogens (tertiary/aromatic N) is 1. The number of carbonyl (C=O) groups is 1. The molecule has 1 heterocycles. The molecule has 0 saturated carbocycles. The van der Waals surface area contributed by atoms with Gasteiger partial charge in [-0.2, -0.15) is 0 Å². The first-order valence-corrected chi connectivity index (χ1v) is 5.13. The van der Waals surface area contributed by atoms with Gasteiger partial charge in [-0.25, -0.2) is 0 Å². The summed E-state index contributed by atoms with van der Waals surface area (Å²) >= 11 is 0. The van der Waals surface area contributed by atoms with Crippen LogP contribution in [0.5, 0.6) is 0 Å². The molecule has 1 rings (SSSR count). The van der Waals surface area contributed by atoms with Crippen LogP contribution in [0.1, 0.15) is 20.8 Å². The molecule has 4 nitrogen and oxygen atoms in total. The lowest BCUT2D eigenvalue weighted by molar-refractivity contribution is -0.154. The minimum absolute atomic E-state index is 0.0361. The van der Waals surface area contributed by atoms with Gasteiger partial charge < -0.3 is 9.47 Å². The Labute approximate surface area is 85.2 Å². The molecule has 0 radical (unpaired) electrons. The number of rotatable bonds is 3. The molecule has 0 aromatic rings. The average Bonchev–Trinajstić information content (AvgIpc) is 2.17. The number of hydrogen-bond acceptors (Lipinski definition) is 4. The summed E-state index contributed by atoms with van der Waals surface area (Å²) < 4.78 is 10.4. The molecule has 1 saturated heterocycles. The number of hydrogen-bond donors (Lipinski definition) is 0. The first-order valence-electron chi connectivity index (χ1n) is 5.13. The monoisotopic (exact) mass is 201 g/mol. The molecule has 1 atom stereocenters. The average molecular weight is 201 g/mol. The molecule has 0 N–H and O–H groups in total. The van der Waals surface area contributed by atoms with Gasteiger partial charge in [0, 0.05) is 13.1 Å². The van der Waals surface area contributed by atoms with Gasteiger partial charge in [-0.1, -0.05) is 0 Å². The predicted octanol–water partition coefficient (Wildman–Crippen LogP) is 0.659. The maximum absolute atomic E-state index is 11.5. The zero-order valence-electron chi connectivity index (χ0n) is 9.16. The quantitative estimate of drug-likeness (QED) is 0.629. The minimum atomic E-state index is -0.152. The third kappa shape index (κ3) is 3.27. The van der Waals surface area contributed by atoms with Crippen LogP contribution in [0.3, 0.4) is 0 Å². The second kappa shape index (κ2) is 5.32. The Kier molecular flexibility index (Phi) is 4.35. The van der Waals surface area contributed by atoms with E-state index in [-0.39, 0.29) is 18.1 Å². The highest BCUT2D eigenvalue weighted by molar-refractivity contribution is 5.75. The summed E-state index contributed by atoms with van der Waals surface area (Å²) in [4.78, 5) is 13.6. The van der Waals surface area contributed by atoms with Crippen molar-refractivity contribution in [3.63, 3.8) is 0 Å². The van der Waals surface area contributed by atoms with Gasteiger partial charge in [-0.3, -0.25) is 9.69 Å². The fraction of sp³-hybridized carbons (Fsp3) is 0.900. The molecule has 1 aliphatic heterocycles. The summed E-state index contributed by atoms with van der Waals surface area (Å²) in [5.74, 6) is -0.137. The zero-order chi connectivity index (χ0) is 10.6. The normalized spacial score (nSPS) is 20.9. The van der Waals surface area contributed by atoms with Gasteiger partial charge >= 0.3 is 5.97 Å². The van der Waals surface area contributed by atoms with Crippen molar-refractivity contribution in [2.24, 2.45) is 0 Å². The van der Waals surface area contributed by atoms with Crippen LogP contribution in [0.15, 0.2) is 0 Å². The second-order valence-electron chi connectivity index (χ2n) is 3.81. The van der Waals surface area contributed by atoms with Gasteiger partial charge in [-0.15, -0.1) is 0 Å². The second-order valence-corrected chi connectivity index (χ2v) is 3.81. The molecule has 0 aliphatic carbocycles. The summed E-state index contributed by atoms with van der Waals surface area (Å²) in [5.41, 5.74) is 0. The molecule has 0 spiro atoms. The van der Waals surface area contributed by atoms with E-state index in [1.807, 2.05) is 20.8 Å². The van der Waals surface area contributed by atoms with E-state index in [9.17, 15) is 4.79 Å². The van der Waals surface area contributed by atoms with Crippen LogP contribution in [-0.4, -0.2) is 49.3 Å². The summed E-state index contributed by atoms with van der Waals surface area (Å²) in [6.07, 6.45) is -0.0361. The molecular weight excluding hydrogens is 182 g/mol. The molecule has 1 unspecified atom stereocenters. The van der Waals surface area contributed by atoms with Crippen molar-refractivity contribution in [2.75, 3.05) is 26.3 Å². The number of esters is 1. The van der Waals surface area contributed by atoms with Crippen molar-refractivity contribution >= 4 is 5.97 Å². The van der Waals surface area contributed by atoms with Crippen molar-refractivity contribution in [1.29, 1.82) is 0 Å². The smallest absolute Gasteiger partial charge is 0.323 e. The lowest BCUT2D eigenvalue weighted by Gasteiger charge is -2.31. The lowest BCUT2D eigenvalue weighted by Crippen LogP contribution is -2.46. The first kappa shape index (κ1) is 11.5. The van der Waals surface area contributed by atoms with E-state index in [2.05, 4.69) is 4.90 Å². The zero-order valence-corrected chi connectivity index (χ0v) is 9.16. The molecule has 1 fully saturated rings. The Morgan fingerprint density at radius 3 is 2.36 bits per heavy atom. The number of ether oxygens (including phenoxy) is 2. The van der Waals surface area contributed by atoms with Gasteiger partial charge in [0.2, 0.25) is 0 Å². The molecule has 0 aromatic carbocycles. The highest BCUT2D eigenvalue weighted by Gasteiger charge is 2.24. The van der Waals surface area contributed by atoms with Crippen LogP contribution < -0.4 is 0 Å². The van der Waals surface area contributed by atoms with Crippen LogP contribution in [0.25, 0.3) is 0 Å². The van der Waals surface area contributed by atoms with Crippen LogP contribution in [0.4, 0.5) is 0 Å². The Hall–Kier alpha value is -0.610. The van der Waals surface area contributed by atoms with Gasteiger partial charge in [-0.05, 0) is 20.8 Å². The maximum Gasteiger partial charge on any atom is 0.323 e. The molecule has 4 heteroatoms. The third-order valence-electron chi connectivity index (χ3n) is 2.29. The third-order valence-corrected chi connectivity index (χ3v) is 2.29. The Morgan fingerprint density at radius 1 is 1.29 bits per heavy atom. The van der Waals surface area contributed by atoms with Crippen molar-refractivity contribution < 1.29 is 14.3 Å². The van der Waals surface area contributed by atoms with Crippen LogP contribution in [0, 0.1) is 0 Å². The lowest BCUT2D eigenvalue weighted by atomic mass is 10.2. The molecule has 0 aromatic heterocycles. The van der Waals surface area contributed by atoms with E-state index in [4.69, 9.17) is 9.47 Å². The summed E-state index contributed by atoms with van der Waals surface area (Å²) in [7, 11) is 0. The highest BCUT2D eigenvalue weighted by atomic mass is 16.5. The standard InChI is InChI=1S/C10H19NO3/c1-8(2)14-10(12)9(3)11-4-6-13-7-5-11/h8-9H,4-7H2,1-3H3. The SMILES string of the molecule is CC(C)OC(=O)C(C)N1CCOCC1. The van der Waals surface area contributed by atoms with Gasteiger partial charge in [0.25, 0.3) is 0 Å². The van der Waals surface area contributed by atoms with E-state index in [1.165, 1.54) is 0 Å². The Bertz CT molecular complexity index is 188. The molecular formula is C10H19NO3. The molecule has 1 aliphatic rings. The fourth-order valence-electron chi connectivity index (χ4n) is 1.44. The number of morpholine rings is 1. The van der Waals surface area contributed by atoms with Crippen LogP contribution >= 0.6 is 0 Å². The van der Waals surface area contributed by atoms with Crippen molar-refractivity contribution in [1.82, 2.24) is 4.90 Å². The minimum Gasteiger partial charge on any atom is -0.462 e. The largest absolute Gasteiger partial charge is 0.462 e. The predicted molar refractivity (Wildman–Crippen MR) is 53.1 cm³/mol. The fourth-order valence-corrected chi connectivity index (χ4v) is 1.44. The molecule has 0 bridgehead atoms. The van der Waals surface area contributed by atoms with Gasteiger partial charge in [0.05, 0.1) is 19.3 Å². The molecule has 14 heavy (non-hydrogen) atoms. The van der Waals surface area contributed by atoms with E-state index in [0.717, 1.165) is 13.1 Å². The highest BCUT2D eigenvalue weighted by Crippen LogP contribution is 2.06. The molecule has 82 valence electrons. The van der Waals surface area contributed by atoms with E-state index >= 15 is 0 Å². The van der Waals surface area contributed by atoms with Gasteiger partial charge in [0.15, 0.2) is 0 Å². The maximum atomic E-state index is 11.5. The van der Waals surface area contributed by atoms with Crippen LogP contribution in [-0.2, 0) is 14.3 Å². The summed E-state index contributed by atoms with van der Waals surface area (Å²) in [6, 6.07) is -0.152. The van der Waals surface area contributed by atoms with Gasteiger partial charge in [0.1, 0.15) is 6.04 Å². The molecule has 0 amide bonds. The van der Waals surface area contributed by atoms with E-state index < -0.39 is 0 Å². The summed E-state index contributed by atoms with van der Waals surface area (Å²) in [5, 5.41) is 0. The first-order chi connectivity index (χ1) is 6.61. The Balaban J connectivity index is 2.38. The van der Waals surface area contributed by atoms with Crippen molar-refractivity contribution in [2.45, 2.75) is 32.9 Å². The summed E-state index contributed by atoms with van der Waals surface area (Å²) in [6.45, 7) is 8.66. The van der Waals surface area contributed by atoms with E-state index in [1.54, 1.807) is 0 Å². The van der Waals surface area contributed by atoms with Crippen molar-refractivity contribution in [3.05, 3.63) is 0 Å². The Morgan fingerprint density at radius 2 is 1.86 bits per heavy atom. The van der Waals surface area contributed by atoms with E-state index in [0.29, 0.717) is 13.2 Å². The number of carbonyl (C=O) groups excluding carboxylic acids is 1.